The van der Waals surface area contributed by atoms with Gasteiger partial charge in [-0.2, -0.15) is 0 Å². The molecule has 1 aromatic heterocycles. The van der Waals surface area contributed by atoms with Crippen LogP contribution in [0.15, 0.2) is 66.3 Å². The first-order valence-corrected chi connectivity index (χ1v) is 12.2. The number of allylic oxidation sites excluding steroid dienone is 1. The predicted octanol–water partition coefficient (Wildman–Crippen LogP) is 5.28. The molecule has 3 aromatic rings. The number of hydrogen-bond acceptors (Lipinski definition) is 5. The van der Waals surface area contributed by atoms with Crippen LogP contribution in [0.4, 0.5) is 5.69 Å². The number of thioether (sulfide) groups is 1. The molecule has 34 heavy (non-hydrogen) atoms. The normalized spacial score (nSPS) is 11.8. The molecule has 0 aliphatic rings. The third-order valence-electron chi connectivity index (χ3n) is 5.04. The van der Waals surface area contributed by atoms with Crippen LogP contribution in [0.2, 0.25) is 5.02 Å². The minimum Gasteiger partial charge on any atom is -0.342 e. The average Bonchev–Trinajstić information content (AvgIpc) is 3.18. The lowest BCUT2D eigenvalue weighted by Gasteiger charge is -2.23. The van der Waals surface area contributed by atoms with Crippen LogP contribution in [0.3, 0.4) is 0 Å². The van der Waals surface area contributed by atoms with Crippen molar-refractivity contribution in [3.63, 3.8) is 0 Å². The summed E-state index contributed by atoms with van der Waals surface area (Å²) in [4.78, 5) is 25.4. The lowest BCUT2D eigenvalue weighted by molar-refractivity contribution is -0.113. The van der Waals surface area contributed by atoms with E-state index in [0.29, 0.717) is 28.1 Å². The molecule has 0 saturated carbocycles. The molecule has 0 unspecified atom stereocenters. The van der Waals surface area contributed by atoms with Crippen LogP contribution in [0.1, 0.15) is 41.6 Å². The van der Waals surface area contributed by atoms with Crippen molar-refractivity contribution in [2.45, 2.75) is 38.5 Å². The molecule has 2 aromatic carbocycles. The minimum atomic E-state index is -0.410. The quantitative estimate of drug-likeness (QED) is 0.293. The largest absolute Gasteiger partial charge is 0.342 e. The van der Waals surface area contributed by atoms with Crippen molar-refractivity contribution in [3.8, 4) is 0 Å². The Kier molecular flexibility index (Phi) is 8.90. The van der Waals surface area contributed by atoms with Gasteiger partial charge in [-0.3, -0.25) is 9.59 Å². The first-order chi connectivity index (χ1) is 16.3. The third kappa shape index (κ3) is 6.48. The smallest absolute Gasteiger partial charge is 0.253 e. The van der Waals surface area contributed by atoms with E-state index >= 15 is 0 Å². The van der Waals surface area contributed by atoms with E-state index in [1.807, 2.05) is 49.6 Å². The van der Waals surface area contributed by atoms with Crippen molar-refractivity contribution >= 4 is 40.9 Å². The number of aryl methyl sites for hydroxylation is 1. The van der Waals surface area contributed by atoms with E-state index in [1.165, 1.54) is 11.8 Å². The molecule has 1 heterocycles. The van der Waals surface area contributed by atoms with Gasteiger partial charge in [0.15, 0.2) is 11.0 Å². The molecule has 0 aliphatic carbocycles. The summed E-state index contributed by atoms with van der Waals surface area (Å²) in [5.41, 5.74) is 2.22. The van der Waals surface area contributed by atoms with Gasteiger partial charge in [-0.1, -0.05) is 67.6 Å². The summed E-state index contributed by atoms with van der Waals surface area (Å²) in [6.45, 7) is 10.2. The van der Waals surface area contributed by atoms with Crippen molar-refractivity contribution in [1.82, 2.24) is 20.1 Å². The lowest BCUT2D eigenvalue weighted by Crippen LogP contribution is -2.34. The number of nitrogens with zero attached hydrogens (tertiary/aromatic N) is 3. The van der Waals surface area contributed by atoms with E-state index < -0.39 is 6.04 Å². The van der Waals surface area contributed by atoms with Crippen LogP contribution in [-0.2, 0) is 11.3 Å². The Bertz CT molecular complexity index is 1180. The van der Waals surface area contributed by atoms with Gasteiger partial charge in [-0.15, -0.1) is 16.8 Å². The molecule has 0 saturated heterocycles. The molecule has 178 valence electrons. The fourth-order valence-corrected chi connectivity index (χ4v) is 4.36. The molecule has 0 bridgehead atoms. The van der Waals surface area contributed by atoms with Gasteiger partial charge in [0.2, 0.25) is 5.91 Å². The zero-order chi connectivity index (χ0) is 24.7. The second-order valence-corrected chi connectivity index (χ2v) is 9.47. The highest BCUT2D eigenvalue weighted by Gasteiger charge is 2.27. The second kappa shape index (κ2) is 11.9. The third-order valence-corrected chi connectivity index (χ3v) is 6.34. The molecule has 2 amide bonds. The molecule has 9 heteroatoms. The van der Waals surface area contributed by atoms with Gasteiger partial charge < -0.3 is 15.2 Å². The Morgan fingerprint density at radius 2 is 1.94 bits per heavy atom. The highest BCUT2D eigenvalue weighted by atomic mass is 35.5. The van der Waals surface area contributed by atoms with Crippen molar-refractivity contribution in [2.24, 2.45) is 5.92 Å². The second-order valence-electron chi connectivity index (χ2n) is 8.12. The van der Waals surface area contributed by atoms with Crippen molar-refractivity contribution < 1.29 is 9.59 Å². The van der Waals surface area contributed by atoms with Crippen molar-refractivity contribution in [2.75, 3.05) is 11.1 Å². The van der Waals surface area contributed by atoms with Crippen LogP contribution in [0.25, 0.3) is 0 Å². The Morgan fingerprint density at radius 3 is 2.62 bits per heavy atom. The average molecular weight is 498 g/mol. The molecular formula is C25H28ClN5O2S. The SMILES string of the molecule is C=CCn1c(SCC(=O)Nc2cccc(C)c2)nnc1[C@@H](NC(=O)c1ccccc1Cl)C(C)C. The summed E-state index contributed by atoms with van der Waals surface area (Å²) in [6, 6.07) is 14.1. The van der Waals surface area contributed by atoms with Gasteiger partial charge in [-0.05, 0) is 42.7 Å². The monoisotopic (exact) mass is 497 g/mol. The number of hydrogen-bond donors (Lipinski definition) is 2. The maximum absolute atomic E-state index is 12.9. The molecule has 3 rings (SSSR count). The van der Waals surface area contributed by atoms with Gasteiger partial charge >= 0.3 is 0 Å². The van der Waals surface area contributed by atoms with E-state index in [1.54, 1.807) is 30.3 Å². The zero-order valence-electron chi connectivity index (χ0n) is 19.4. The van der Waals surface area contributed by atoms with Crippen molar-refractivity contribution in [1.29, 1.82) is 0 Å². The molecule has 0 fully saturated rings. The first kappa shape index (κ1) is 25.5. The molecular weight excluding hydrogens is 470 g/mol. The van der Waals surface area contributed by atoms with Crippen LogP contribution in [0, 0.1) is 12.8 Å². The Hall–Kier alpha value is -3.10. The van der Waals surface area contributed by atoms with Gasteiger partial charge in [-0.25, -0.2) is 0 Å². The van der Waals surface area contributed by atoms with E-state index in [2.05, 4.69) is 27.4 Å². The highest BCUT2D eigenvalue weighted by Crippen LogP contribution is 2.26. The van der Waals surface area contributed by atoms with Crippen LogP contribution in [0.5, 0.6) is 0 Å². The first-order valence-electron chi connectivity index (χ1n) is 10.9. The number of amides is 2. The predicted molar refractivity (Wildman–Crippen MR) is 137 cm³/mol. The fraction of sp³-hybridized carbons (Fsp3) is 0.280. The standard InChI is InChI=1S/C25H28ClN5O2S/c1-5-13-31-23(22(16(2)3)28-24(33)19-11-6-7-12-20(19)26)29-30-25(31)34-15-21(32)27-18-10-8-9-17(4)14-18/h5-12,14,16,22H,1,13,15H2,2-4H3,(H,27,32)(H,28,33)/t22-/m0/s1. The fourth-order valence-electron chi connectivity index (χ4n) is 3.38. The van der Waals surface area contributed by atoms with Gasteiger partial charge in [0.1, 0.15) is 0 Å². The van der Waals surface area contributed by atoms with Gasteiger partial charge in [0.25, 0.3) is 5.91 Å². The summed E-state index contributed by atoms with van der Waals surface area (Å²) in [5, 5.41) is 15.6. The summed E-state index contributed by atoms with van der Waals surface area (Å²) in [5.74, 6) is 0.363. The molecule has 2 N–H and O–H groups in total. The summed E-state index contributed by atoms with van der Waals surface area (Å²) < 4.78 is 1.87. The minimum absolute atomic E-state index is 0.0293. The molecule has 1 atom stereocenters. The molecule has 0 spiro atoms. The molecule has 7 nitrogen and oxygen atoms in total. The maximum atomic E-state index is 12.9. The molecule has 0 aliphatic heterocycles. The Balaban J connectivity index is 1.76. The number of anilines is 1. The van der Waals surface area contributed by atoms with Gasteiger partial charge in [0, 0.05) is 12.2 Å². The van der Waals surface area contributed by atoms with Crippen LogP contribution in [-0.4, -0.2) is 32.3 Å². The Labute approximate surface area is 209 Å². The molecule has 0 radical (unpaired) electrons. The van der Waals surface area contributed by atoms with E-state index in [0.717, 1.165) is 11.3 Å². The lowest BCUT2D eigenvalue weighted by atomic mass is 10.0. The zero-order valence-corrected chi connectivity index (χ0v) is 21.0. The van der Waals surface area contributed by atoms with E-state index in [4.69, 9.17) is 11.6 Å². The summed E-state index contributed by atoms with van der Waals surface area (Å²) >= 11 is 7.48. The number of carbonyl (C=O) groups is 2. The summed E-state index contributed by atoms with van der Waals surface area (Å²) in [6.07, 6.45) is 1.73. The number of halogens is 1. The topological polar surface area (TPSA) is 88.9 Å². The number of benzene rings is 2. The van der Waals surface area contributed by atoms with Crippen LogP contribution < -0.4 is 10.6 Å². The van der Waals surface area contributed by atoms with Gasteiger partial charge in [0.05, 0.1) is 22.4 Å². The number of carbonyl (C=O) groups excluding carboxylic acids is 2. The summed E-state index contributed by atoms with van der Waals surface area (Å²) in [7, 11) is 0. The number of aromatic nitrogens is 3. The van der Waals surface area contributed by atoms with E-state index in [9.17, 15) is 9.59 Å². The van der Waals surface area contributed by atoms with Crippen molar-refractivity contribution in [3.05, 3.63) is 83.2 Å². The highest BCUT2D eigenvalue weighted by molar-refractivity contribution is 7.99. The van der Waals surface area contributed by atoms with E-state index in [-0.39, 0.29) is 23.5 Å². The van der Waals surface area contributed by atoms with Crippen LogP contribution >= 0.6 is 23.4 Å². The number of rotatable bonds is 10. The maximum Gasteiger partial charge on any atom is 0.253 e. The Morgan fingerprint density at radius 1 is 1.18 bits per heavy atom. The number of nitrogens with one attached hydrogen (secondary N) is 2.